The summed E-state index contributed by atoms with van der Waals surface area (Å²) in [7, 11) is 0. The minimum atomic E-state index is -0.640. The molecule has 110 valence electrons. The van der Waals surface area contributed by atoms with Crippen LogP contribution in [0.15, 0.2) is 0 Å². The van der Waals surface area contributed by atoms with Gasteiger partial charge in [-0.25, -0.2) is 4.79 Å². The number of hydrogen-bond acceptors (Lipinski definition) is 3. The highest BCUT2D eigenvalue weighted by atomic mass is 32.2. The summed E-state index contributed by atoms with van der Waals surface area (Å²) in [6, 6.07) is -1.15. The zero-order valence-electron chi connectivity index (χ0n) is 11.6. The minimum absolute atomic E-state index is 0.113. The first-order valence-corrected chi connectivity index (χ1v) is 8.35. The van der Waals surface area contributed by atoms with Gasteiger partial charge in [0.1, 0.15) is 6.04 Å². The smallest absolute Gasteiger partial charge is 0.312 e. The van der Waals surface area contributed by atoms with Gasteiger partial charge in [0.15, 0.2) is 0 Å². The van der Waals surface area contributed by atoms with Gasteiger partial charge in [-0.15, -0.1) is 0 Å². The second-order valence-electron chi connectivity index (χ2n) is 5.09. The lowest BCUT2D eigenvalue weighted by atomic mass is 9.89. The van der Waals surface area contributed by atoms with E-state index in [1.54, 1.807) is 11.8 Å². The summed E-state index contributed by atoms with van der Waals surface area (Å²) in [5.41, 5.74) is 5.10. The van der Waals surface area contributed by atoms with Gasteiger partial charge in [0.25, 0.3) is 0 Å². The molecule has 5 nitrogen and oxygen atoms in total. The number of thioether (sulfide) groups is 1. The van der Waals surface area contributed by atoms with Crippen LogP contribution in [0.2, 0.25) is 0 Å². The number of rotatable bonds is 7. The van der Waals surface area contributed by atoms with Gasteiger partial charge >= 0.3 is 6.03 Å². The number of carbonyl (C=O) groups is 2. The molecule has 0 bridgehead atoms. The Balaban J connectivity index is 2.34. The second kappa shape index (κ2) is 9.07. The molecule has 1 aliphatic carbocycles. The van der Waals surface area contributed by atoms with E-state index in [0.717, 1.165) is 12.3 Å². The van der Waals surface area contributed by atoms with Crippen LogP contribution in [0.5, 0.6) is 0 Å². The first kappa shape index (κ1) is 16.1. The summed E-state index contributed by atoms with van der Waals surface area (Å²) < 4.78 is 0. The Morgan fingerprint density at radius 3 is 2.58 bits per heavy atom. The molecule has 4 N–H and O–H groups in total. The molecule has 0 spiro atoms. The van der Waals surface area contributed by atoms with Crippen LogP contribution < -0.4 is 16.4 Å². The van der Waals surface area contributed by atoms with Crippen molar-refractivity contribution in [3.05, 3.63) is 0 Å². The van der Waals surface area contributed by atoms with E-state index in [1.165, 1.54) is 32.1 Å². The fourth-order valence-electron chi connectivity index (χ4n) is 2.44. The molecule has 0 unspecified atom stereocenters. The van der Waals surface area contributed by atoms with Crippen molar-refractivity contribution >= 4 is 23.7 Å². The van der Waals surface area contributed by atoms with Crippen molar-refractivity contribution in [2.45, 2.75) is 44.6 Å². The molecule has 6 heteroatoms. The summed E-state index contributed by atoms with van der Waals surface area (Å²) in [5, 5.41) is 5.46. The Labute approximate surface area is 119 Å². The Bertz CT molecular complexity index is 294. The number of amides is 3. The van der Waals surface area contributed by atoms with Gasteiger partial charge in [-0.2, -0.15) is 11.8 Å². The molecule has 1 fully saturated rings. The second-order valence-corrected chi connectivity index (χ2v) is 6.08. The van der Waals surface area contributed by atoms with Gasteiger partial charge in [0, 0.05) is 6.54 Å². The maximum atomic E-state index is 12.0. The van der Waals surface area contributed by atoms with Crippen LogP contribution in [0, 0.1) is 5.92 Å². The van der Waals surface area contributed by atoms with E-state index in [2.05, 4.69) is 10.6 Å². The van der Waals surface area contributed by atoms with Gasteiger partial charge in [0.05, 0.1) is 0 Å². The fourth-order valence-corrected chi connectivity index (χ4v) is 2.91. The molecule has 3 amide bonds. The third-order valence-corrected chi connectivity index (χ3v) is 4.18. The quantitative estimate of drug-likeness (QED) is 0.663. The van der Waals surface area contributed by atoms with Crippen LogP contribution in [0.4, 0.5) is 4.79 Å². The molecule has 1 rings (SSSR count). The van der Waals surface area contributed by atoms with Gasteiger partial charge in [-0.1, -0.05) is 19.3 Å². The third kappa shape index (κ3) is 6.71. The zero-order valence-corrected chi connectivity index (χ0v) is 12.4. The maximum Gasteiger partial charge on any atom is 0.312 e. The Kier molecular flexibility index (Phi) is 7.70. The molecule has 0 heterocycles. The van der Waals surface area contributed by atoms with Crippen molar-refractivity contribution < 1.29 is 9.59 Å². The van der Waals surface area contributed by atoms with Crippen molar-refractivity contribution in [3.63, 3.8) is 0 Å². The highest BCUT2D eigenvalue weighted by Gasteiger charge is 2.21. The first-order chi connectivity index (χ1) is 9.13. The molecule has 1 atom stereocenters. The summed E-state index contributed by atoms with van der Waals surface area (Å²) in [6.45, 7) is 0.717. The van der Waals surface area contributed by atoms with Crippen molar-refractivity contribution in [1.82, 2.24) is 10.6 Å². The van der Waals surface area contributed by atoms with Gasteiger partial charge in [0.2, 0.25) is 5.91 Å². The molecule has 0 radical (unpaired) electrons. The molecule has 0 saturated heterocycles. The third-order valence-electron chi connectivity index (χ3n) is 3.53. The van der Waals surface area contributed by atoms with E-state index in [-0.39, 0.29) is 5.91 Å². The molecule has 0 aromatic carbocycles. The van der Waals surface area contributed by atoms with Crippen LogP contribution in [-0.2, 0) is 4.79 Å². The Morgan fingerprint density at radius 2 is 2.00 bits per heavy atom. The largest absolute Gasteiger partial charge is 0.354 e. The average Bonchev–Trinajstić information content (AvgIpc) is 2.41. The number of nitrogens with two attached hydrogens (primary N) is 1. The number of hydrogen-bond donors (Lipinski definition) is 3. The van der Waals surface area contributed by atoms with Crippen molar-refractivity contribution in [2.75, 3.05) is 18.6 Å². The number of primary amides is 1. The number of nitrogens with one attached hydrogen (secondary N) is 2. The van der Waals surface area contributed by atoms with Crippen LogP contribution in [0.3, 0.4) is 0 Å². The molecule has 0 aromatic rings. The van der Waals surface area contributed by atoms with Gasteiger partial charge in [-0.3, -0.25) is 4.79 Å². The molecule has 19 heavy (non-hydrogen) atoms. The van der Waals surface area contributed by atoms with Crippen LogP contribution in [0.25, 0.3) is 0 Å². The Hall–Kier alpha value is -0.910. The zero-order chi connectivity index (χ0) is 14.1. The molecular weight excluding hydrogens is 262 g/mol. The molecule has 0 aromatic heterocycles. The topological polar surface area (TPSA) is 84.2 Å². The normalized spacial score (nSPS) is 17.7. The highest BCUT2D eigenvalue weighted by Crippen LogP contribution is 2.22. The average molecular weight is 287 g/mol. The SMILES string of the molecule is CSCC[C@H](NC(N)=O)C(=O)NCC1CCCCC1. The summed E-state index contributed by atoms with van der Waals surface area (Å²) in [6.07, 6.45) is 8.80. The monoisotopic (exact) mass is 287 g/mol. The fraction of sp³-hybridized carbons (Fsp3) is 0.846. The first-order valence-electron chi connectivity index (χ1n) is 6.96. The highest BCUT2D eigenvalue weighted by molar-refractivity contribution is 7.98. The van der Waals surface area contributed by atoms with Crippen molar-refractivity contribution in [3.8, 4) is 0 Å². The molecule has 0 aliphatic heterocycles. The van der Waals surface area contributed by atoms with Gasteiger partial charge < -0.3 is 16.4 Å². The molecule has 1 saturated carbocycles. The number of urea groups is 1. The van der Waals surface area contributed by atoms with Crippen LogP contribution >= 0.6 is 11.8 Å². The predicted molar refractivity (Wildman–Crippen MR) is 79.1 cm³/mol. The lowest BCUT2D eigenvalue weighted by Gasteiger charge is -2.23. The summed E-state index contributed by atoms with van der Waals surface area (Å²) in [4.78, 5) is 22.9. The lowest BCUT2D eigenvalue weighted by molar-refractivity contribution is -0.123. The Morgan fingerprint density at radius 1 is 1.32 bits per heavy atom. The van der Waals surface area contributed by atoms with E-state index in [9.17, 15) is 9.59 Å². The van der Waals surface area contributed by atoms with E-state index in [1.807, 2.05) is 6.26 Å². The lowest BCUT2D eigenvalue weighted by Crippen LogP contribution is -2.49. The standard InChI is InChI=1S/C13H25N3O2S/c1-19-8-7-11(16-13(14)18)12(17)15-9-10-5-3-2-4-6-10/h10-11H,2-9H2,1H3,(H,15,17)(H3,14,16,18)/t11-/m0/s1. The van der Waals surface area contributed by atoms with E-state index in [4.69, 9.17) is 5.73 Å². The maximum absolute atomic E-state index is 12.0. The van der Waals surface area contributed by atoms with Crippen LogP contribution in [0.1, 0.15) is 38.5 Å². The van der Waals surface area contributed by atoms with Crippen molar-refractivity contribution in [2.24, 2.45) is 11.7 Å². The minimum Gasteiger partial charge on any atom is -0.354 e. The van der Waals surface area contributed by atoms with E-state index in [0.29, 0.717) is 12.3 Å². The molecule has 1 aliphatic rings. The predicted octanol–water partition coefficient (Wildman–Crippen LogP) is 1.47. The van der Waals surface area contributed by atoms with Gasteiger partial charge in [-0.05, 0) is 37.2 Å². The summed E-state index contributed by atoms with van der Waals surface area (Å²) >= 11 is 1.65. The van der Waals surface area contributed by atoms with E-state index >= 15 is 0 Å². The number of carbonyl (C=O) groups excluding carboxylic acids is 2. The summed E-state index contributed by atoms with van der Waals surface area (Å²) in [5.74, 6) is 1.30. The van der Waals surface area contributed by atoms with Crippen molar-refractivity contribution in [1.29, 1.82) is 0 Å². The molecular formula is C13H25N3O2S. The van der Waals surface area contributed by atoms with Crippen LogP contribution in [-0.4, -0.2) is 36.5 Å². The van der Waals surface area contributed by atoms with E-state index < -0.39 is 12.1 Å².